The fraction of sp³-hybridized carbons (Fsp3) is 0.679. The third kappa shape index (κ3) is 5.95. The summed E-state index contributed by atoms with van der Waals surface area (Å²) in [6, 6.07) is 9.74. The molecule has 1 aromatic carbocycles. The van der Waals surface area contributed by atoms with Crippen LogP contribution >= 0.6 is 0 Å². The lowest BCUT2D eigenvalue weighted by atomic mass is 9.86. The van der Waals surface area contributed by atoms with E-state index in [1.54, 1.807) is 0 Å². The third-order valence-electron chi connectivity index (χ3n) is 8.07. The summed E-state index contributed by atoms with van der Waals surface area (Å²) in [7, 11) is 0. The molecule has 1 aromatic rings. The molecule has 2 aliphatic carbocycles. The smallest absolute Gasteiger partial charge is 0.236 e. The Labute approximate surface area is 210 Å². The Morgan fingerprint density at radius 1 is 1.06 bits per heavy atom. The predicted molar refractivity (Wildman–Crippen MR) is 143 cm³/mol. The highest BCUT2D eigenvalue weighted by Crippen LogP contribution is 2.36. The fourth-order valence-corrected chi connectivity index (χ4v) is 5.87. The Kier molecular flexibility index (Phi) is 8.14. The second-order valence-corrected chi connectivity index (χ2v) is 10.7. The number of fused-ring (bicyclic) bond motifs is 1. The summed E-state index contributed by atoms with van der Waals surface area (Å²) in [5, 5.41) is 16.0. The molecule has 2 saturated carbocycles. The van der Waals surface area contributed by atoms with Gasteiger partial charge in [0.05, 0.1) is 6.10 Å². The SMILES string of the molecule is CCCCN=C1N=CC2C(c3ccc(CNC4CCCCC4)cc3)N=C(C3CCC(O)CC3)N2N1. The summed E-state index contributed by atoms with van der Waals surface area (Å²) in [4.78, 5) is 14.6. The van der Waals surface area contributed by atoms with E-state index in [4.69, 9.17) is 4.99 Å². The number of hydrazine groups is 1. The second kappa shape index (κ2) is 11.7. The summed E-state index contributed by atoms with van der Waals surface area (Å²) in [5.41, 5.74) is 6.05. The van der Waals surface area contributed by atoms with Crippen LogP contribution in [0.2, 0.25) is 0 Å². The van der Waals surface area contributed by atoms with E-state index in [1.807, 2.05) is 6.21 Å². The van der Waals surface area contributed by atoms with Gasteiger partial charge in [0.2, 0.25) is 5.96 Å². The van der Waals surface area contributed by atoms with Gasteiger partial charge < -0.3 is 10.4 Å². The van der Waals surface area contributed by atoms with E-state index in [2.05, 4.69) is 56.9 Å². The number of aliphatic hydroxyl groups excluding tert-OH is 1. The number of aliphatic hydroxyl groups is 1. The molecule has 3 N–H and O–H groups in total. The van der Waals surface area contributed by atoms with Gasteiger partial charge in [0.15, 0.2) is 0 Å². The quantitative estimate of drug-likeness (QED) is 0.479. The van der Waals surface area contributed by atoms with Crippen LogP contribution in [0.3, 0.4) is 0 Å². The number of benzene rings is 1. The molecule has 4 aliphatic rings. The van der Waals surface area contributed by atoms with Crippen LogP contribution in [-0.4, -0.2) is 52.9 Å². The van der Waals surface area contributed by atoms with Crippen molar-refractivity contribution in [2.45, 2.75) is 108 Å². The van der Waals surface area contributed by atoms with Crippen LogP contribution in [-0.2, 0) is 6.54 Å². The minimum absolute atomic E-state index is 0.0191. The van der Waals surface area contributed by atoms with Crippen LogP contribution < -0.4 is 10.7 Å². The van der Waals surface area contributed by atoms with Gasteiger partial charge in [-0.2, -0.15) is 0 Å². The van der Waals surface area contributed by atoms with Crippen molar-refractivity contribution in [1.29, 1.82) is 0 Å². The minimum Gasteiger partial charge on any atom is -0.393 e. The van der Waals surface area contributed by atoms with Crippen LogP contribution in [0, 0.1) is 5.92 Å². The fourth-order valence-electron chi connectivity index (χ4n) is 5.87. The first-order valence-corrected chi connectivity index (χ1v) is 13.9. The molecule has 190 valence electrons. The van der Waals surface area contributed by atoms with Crippen molar-refractivity contribution in [2.75, 3.05) is 6.54 Å². The summed E-state index contributed by atoms with van der Waals surface area (Å²) < 4.78 is 0. The molecule has 2 atom stereocenters. The van der Waals surface area contributed by atoms with Crippen molar-refractivity contribution >= 4 is 18.0 Å². The molecule has 7 heteroatoms. The Balaban J connectivity index is 1.31. The summed E-state index contributed by atoms with van der Waals surface area (Å²) >= 11 is 0. The largest absolute Gasteiger partial charge is 0.393 e. The maximum Gasteiger partial charge on any atom is 0.236 e. The maximum atomic E-state index is 10.0. The second-order valence-electron chi connectivity index (χ2n) is 10.7. The van der Waals surface area contributed by atoms with Gasteiger partial charge in [-0.3, -0.25) is 15.4 Å². The molecular weight excluding hydrogens is 436 g/mol. The van der Waals surface area contributed by atoms with Gasteiger partial charge in [-0.05, 0) is 56.1 Å². The molecule has 2 heterocycles. The predicted octanol–water partition coefficient (Wildman–Crippen LogP) is 4.53. The zero-order valence-corrected chi connectivity index (χ0v) is 21.2. The first-order chi connectivity index (χ1) is 17.2. The highest BCUT2D eigenvalue weighted by molar-refractivity contribution is 5.99. The number of hydrogen-bond donors (Lipinski definition) is 3. The first-order valence-electron chi connectivity index (χ1n) is 13.9. The number of unbranched alkanes of at least 4 members (excludes halogenated alkanes) is 1. The maximum absolute atomic E-state index is 10.0. The molecule has 0 saturated heterocycles. The van der Waals surface area contributed by atoms with Crippen molar-refractivity contribution in [3.8, 4) is 0 Å². The number of amidine groups is 1. The minimum atomic E-state index is -0.170. The van der Waals surface area contributed by atoms with Gasteiger partial charge in [-0.25, -0.2) is 9.98 Å². The van der Waals surface area contributed by atoms with E-state index in [0.717, 1.165) is 57.5 Å². The van der Waals surface area contributed by atoms with Crippen molar-refractivity contribution in [2.24, 2.45) is 20.9 Å². The average Bonchev–Trinajstić information content (AvgIpc) is 3.28. The zero-order valence-electron chi connectivity index (χ0n) is 21.2. The molecule has 0 aromatic heterocycles. The average molecular weight is 479 g/mol. The number of nitrogens with one attached hydrogen (secondary N) is 2. The van der Waals surface area contributed by atoms with Crippen molar-refractivity contribution in [3.05, 3.63) is 35.4 Å². The molecule has 35 heavy (non-hydrogen) atoms. The van der Waals surface area contributed by atoms with E-state index in [1.165, 1.54) is 43.2 Å². The normalized spacial score (nSPS) is 30.3. The lowest BCUT2D eigenvalue weighted by molar-refractivity contribution is 0.118. The Hall–Kier alpha value is -2.25. The lowest BCUT2D eigenvalue weighted by Gasteiger charge is -2.35. The van der Waals surface area contributed by atoms with E-state index in [0.29, 0.717) is 17.9 Å². The van der Waals surface area contributed by atoms with Crippen molar-refractivity contribution in [1.82, 2.24) is 15.8 Å². The van der Waals surface area contributed by atoms with Gasteiger partial charge in [-0.1, -0.05) is 56.9 Å². The number of nitrogens with zero attached hydrogens (tertiary/aromatic N) is 4. The standard InChI is InChI=1S/C28H42N6O/c1-2-3-17-29-28-31-19-25-26(32-27(34(25)33-28)22-13-15-24(35)16-14-22)21-11-9-20(10-12-21)18-30-23-7-5-4-6-8-23/h9-12,19,22-26,30,35H,2-8,13-18H2,1H3,(H,29,33). The third-order valence-corrected chi connectivity index (χ3v) is 8.07. The van der Waals surface area contributed by atoms with Gasteiger partial charge in [0, 0.05) is 31.3 Å². The van der Waals surface area contributed by atoms with Crippen LogP contribution in [0.25, 0.3) is 0 Å². The molecule has 2 fully saturated rings. The molecule has 0 amide bonds. The van der Waals surface area contributed by atoms with E-state index < -0.39 is 0 Å². The molecule has 0 bridgehead atoms. The van der Waals surface area contributed by atoms with E-state index in [-0.39, 0.29) is 18.2 Å². The molecule has 2 aliphatic heterocycles. The number of aliphatic imine (C=N–C) groups is 3. The number of hydrogen-bond acceptors (Lipinski definition) is 5. The van der Waals surface area contributed by atoms with Gasteiger partial charge in [0.1, 0.15) is 17.9 Å². The highest BCUT2D eigenvalue weighted by Gasteiger charge is 2.42. The van der Waals surface area contributed by atoms with E-state index in [9.17, 15) is 5.11 Å². The van der Waals surface area contributed by atoms with Crippen LogP contribution in [0.5, 0.6) is 0 Å². The summed E-state index contributed by atoms with van der Waals surface area (Å²) in [6.07, 6.45) is 14.4. The molecule has 5 rings (SSSR count). The van der Waals surface area contributed by atoms with Crippen LogP contribution in [0.4, 0.5) is 0 Å². The molecule has 7 nitrogen and oxygen atoms in total. The zero-order chi connectivity index (χ0) is 24.0. The monoisotopic (exact) mass is 478 g/mol. The number of guanidine groups is 1. The molecule has 0 radical (unpaired) electrons. The van der Waals surface area contributed by atoms with Gasteiger partial charge in [0.25, 0.3) is 0 Å². The lowest BCUT2D eigenvalue weighted by Crippen LogP contribution is -2.55. The van der Waals surface area contributed by atoms with Crippen molar-refractivity contribution < 1.29 is 5.11 Å². The van der Waals surface area contributed by atoms with Crippen LogP contribution in [0.1, 0.15) is 94.7 Å². The summed E-state index contributed by atoms with van der Waals surface area (Å²) in [6.45, 7) is 3.90. The highest BCUT2D eigenvalue weighted by atomic mass is 16.3. The topological polar surface area (TPSA) is 84.6 Å². The Morgan fingerprint density at radius 2 is 1.83 bits per heavy atom. The molecule has 2 unspecified atom stereocenters. The molecular formula is C28H42N6O. The van der Waals surface area contributed by atoms with E-state index >= 15 is 0 Å². The Bertz CT molecular complexity index is 912. The molecule has 0 spiro atoms. The summed E-state index contributed by atoms with van der Waals surface area (Å²) in [5.74, 6) is 2.15. The van der Waals surface area contributed by atoms with Crippen LogP contribution in [0.15, 0.2) is 39.2 Å². The Morgan fingerprint density at radius 3 is 2.57 bits per heavy atom. The number of rotatable bonds is 8. The van der Waals surface area contributed by atoms with Gasteiger partial charge >= 0.3 is 0 Å². The first kappa shape index (κ1) is 24.4. The van der Waals surface area contributed by atoms with Crippen molar-refractivity contribution in [3.63, 3.8) is 0 Å². The van der Waals surface area contributed by atoms with Gasteiger partial charge in [-0.15, -0.1) is 0 Å².